The summed E-state index contributed by atoms with van der Waals surface area (Å²) < 4.78 is 11.4. The van der Waals surface area contributed by atoms with Gasteiger partial charge >= 0.3 is 6.03 Å². The summed E-state index contributed by atoms with van der Waals surface area (Å²) in [4.78, 5) is 28.1. The number of benzene rings is 2. The Morgan fingerprint density at radius 3 is 2.61 bits per heavy atom. The molecule has 3 saturated heterocycles. The Labute approximate surface area is 185 Å². The molecule has 2 aromatic rings. The van der Waals surface area contributed by atoms with E-state index < -0.39 is 0 Å². The number of fused-ring (bicyclic) bond motifs is 1. The minimum atomic E-state index is -0.110. The highest BCUT2D eigenvalue weighted by Crippen LogP contribution is 2.32. The SMILES string of the molecule is O=C1CO[C@H]2CCN(C(=O)N3CC(c4ccc(Oc5ccccc5Cl)cc4)C3)C[C@H]2N1. The van der Waals surface area contributed by atoms with Gasteiger partial charge in [-0.15, -0.1) is 0 Å². The number of carbonyl (C=O) groups excluding carboxylic acids is 2. The van der Waals surface area contributed by atoms with Crippen LogP contribution in [0.15, 0.2) is 48.5 Å². The van der Waals surface area contributed by atoms with Crippen molar-refractivity contribution in [3.8, 4) is 11.5 Å². The molecule has 0 radical (unpaired) electrons. The molecular formula is C23H24ClN3O4. The van der Waals surface area contributed by atoms with E-state index in [-0.39, 0.29) is 30.7 Å². The molecule has 0 saturated carbocycles. The smallest absolute Gasteiger partial charge is 0.320 e. The predicted octanol–water partition coefficient (Wildman–Crippen LogP) is 3.24. The molecule has 2 aromatic carbocycles. The van der Waals surface area contributed by atoms with Crippen LogP contribution in [0.3, 0.4) is 0 Å². The van der Waals surface area contributed by atoms with Crippen molar-refractivity contribution in [1.29, 1.82) is 0 Å². The number of likely N-dealkylation sites (tertiary alicyclic amines) is 2. The number of amides is 3. The first-order chi connectivity index (χ1) is 15.1. The Morgan fingerprint density at radius 1 is 1.06 bits per heavy atom. The van der Waals surface area contributed by atoms with Crippen molar-refractivity contribution in [3.05, 3.63) is 59.1 Å². The fraction of sp³-hybridized carbons (Fsp3) is 0.391. The van der Waals surface area contributed by atoms with Crippen LogP contribution in [-0.4, -0.2) is 66.7 Å². The fourth-order valence-electron chi connectivity index (χ4n) is 4.38. The van der Waals surface area contributed by atoms with Gasteiger partial charge in [-0.3, -0.25) is 4.79 Å². The molecule has 3 aliphatic heterocycles. The van der Waals surface area contributed by atoms with Gasteiger partial charge in [0.25, 0.3) is 0 Å². The fourth-order valence-corrected chi connectivity index (χ4v) is 4.56. The zero-order chi connectivity index (χ0) is 21.4. The average Bonchev–Trinajstić information content (AvgIpc) is 2.75. The monoisotopic (exact) mass is 441 g/mol. The quantitative estimate of drug-likeness (QED) is 0.793. The first kappa shape index (κ1) is 20.2. The third-order valence-electron chi connectivity index (χ3n) is 6.16. The highest BCUT2D eigenvalue weighted by Gasteiger charge is 2.40. The number of halogens is 1. The molecule has 8 heteroatoms. The van der Waals surface area contributed by atoms with Crippen LogP contribution in [0.4, 0.5) is 4.79 Å². The highest BCUT2D eigenvalue weighted by molar-refractivity contribution is 6.32. The van der Waals surface area contributed by atoms with Crippen molar-refractivity contribution in [1.82, 2.24) is 15.1 Å². The van der Waals surface area contributed by atoms with Gasteiger partial charge in [0.15, 0.2) is 0 Å². The van der Waals surface area contributed by atoms with E-state index in [1.807, 2.05) is 52.3 Å². The largest absolute Gasteiger partial charge is 0.456 e. The summed E-state index contributed by atoms with van der Waals surface area (Å²) in [6, 6.07) is 15.2. The first-order valence-electron chi connectivity index (χ1n) is 10.5. The number of rotatable bonds is 3. The third-order valence-corrected chi connectivity index (χ3v) is 6.48. The minimum Gasteiger partial charge on any atom is -0.456 e. The van der Waals surface area contributed by atoms with Gasteiger partial charge in [-0.05, 0) is 36.2 Å². The summed E-state index contributed by atoms with van der Waals surface area (Å²) >= 11 is 6.15. The Balaban J connectivity index is 1.14. The van der Waals surface area contributed by atoms with Crippen LogP contribution < -0.4 is 10.1 Å². The van der Waals surface area contributed by atoms with Crippen molar-refractivity contribution < 1.29 is 19.1 Å². The van der Waals surface area contributed by atoms with Gasteiger partial charge in [-0.1, -0.05) is 35.9 Å². The molecule has 0 aromatic heterocycles. The first-order valence-corrected chi connectivity index (χ1v) is 10.9. The Bertz CT molecular complexity index is 977. The summed E-state index contributed by atoms with van der Waals surface area (Å²) in [5.74, 6) is 1.56. The van der Waals surface area contributed by atoms with Crippen molar-refractivity contribution in [2.45, 2.75) is 24.5 Å². The molecule has 7 nitrogen and oxygen atoms in total. The van der Waals surface area contributed by atoms with Crippen molar-refractivity contribution in [2.24, 2.45) is 0 Å². The van der Waals surface area contributed by atoms with Crippen molar-refractivity contribution >= 4 is 23.5 Å². The Kier molecular flexibility index (Phi) is 5.46. The second-order valence-corrected chi connectivity index (χ2v) is 8.65. The van der Waals surface area contributed by atoms with E-state index in [0.29, 0.717) is 42.9 Å². The van der Waals surface area contributed by atoms with Crippen LogP contribution in [0.1, 0.15) is 17.9 Å². The number of nitrogens with one attached hydrogen (secondary N) is 1. The average molecular weight is 442 g/mol. The maximum Gasteiger partial charge on any atom is 0.320 e. The summed E-state index contributed by atoms with van der Waals surface area (Å²) in [5, 5.41) is 3.51. The number of hydrogen-bond donors (Lipinski definition) is 1. The van der Waals surface area contributed by atoms with Gasteiger partial charge in [-0.2, -0.15) is 0 Å². The number of morpholine rings is 1. The lowest BCUT2D eigenvalue weighted by molar-refractivity contribution is -0.139. The molecule has 3 fully saturated rings. The summed E-state index contributed by atoms with van der Waals surface area (Å²) in [7, 11) is 0. The lowest BCUT2D eigenvalue weighted by Gasteiger charge is -2.46. The molecule has 162 valence electrons. The molecule has 31 heavy (non-hydrogen) atoms. The van der Waals surface area contributed by atoms with Crippen LogP contribution in [0.5, 0.6) is 11.5 Å². The molecule has 3 amide bonds. The number of piperidine rings is 1. The van der Waals surface area contributed by atoms with Crippen LogP contribution >= 0.6 is 11.6 Å². The number of para-hydroxylation sites is 1. The van der Waals surface area contributed by atoms with E-state index in [0.717, 1.165) is 12.2 Å². The number of urea groups is 1. The van der Waals surface area contributed by atoms with Gasteiger partial charge in [0.05, 0.1) is 17.2 Å². The molecule has 3 aliphatic rings. The van der Waals surface area contributed by atoms with E-state index in [1.54, 1.807) is 6.07 Å². The number of ether oxygens (including phenoxy) is 2. The Morgan fingerprint density at radius 2 is 1.84 bits per heavy atom. The molecule has 0 spiro atoms. The van der Waals surface area contributed by atoms with Gasteiger partial charge in [0.2, 0.25) is 5.91 Å². The molecule has 0 aliphatic carbocycles. The topological polar surface area (TPSA) is 71.1 Å². The Hall–Kier alpha value is -2.77. The maximum absolute atomic E-state index is 12.9. The standard InChI is InChI=1S/C23H24ClN3O4/c24-18-3-1-2-4-20(18)31-17-7-5-15(6-8-17)16-11-27(12-16)23(29)26-10-9-21-19(13-26)25-22(28)14-30-21/h1-8,16,19,21H,9-14H2,(H,25,28)/t19-,21+/m1/s1. The molecule has 5 rings (SSSR count). The second kappa shape index (κ2) is 8.40. The van der Waals surface area contributed by atoms with Crippen molar-refractivity contribution in [2.75, 3.05) is 32.8 Å². The maximum atomic E-state index is 12.9. The number of hydrogen-bond acceptors (Lipinski definition) is 4. The molecule has 1 N–H and O–H groups in total. The molecular weight excluding hydrogens is 418 g/mol. The zero-order valence-electron chi connectivity index (χ0n) is 17.0. The molecule has 2 atom stereocenters. The van der Waals surface area contributed by atoms with Crippen LogP contribution in [-0.2, 0) is 9.53 Å². The zero-order valence-corrected chi connectivity index (χ0v) is 17.8. The number of nitrogens with zero attached hydrogens (tertiary/aromatic N) is 2. The lowest BCUT2D eigenvalue weighted by Crippen LogP contribution is -2.63. The number of carbonyl (C=O) groups is 2. The normalized spacial score (nSPS) is 23.6. The van der Waals surface area contributed by atoms with E-state index in [1.165, 1.54) is 5.56 Å². The summed E-state index contributed by atoms with van der Waals surface area (Å²) in [6.45, 7) is 2.66. The van der Waals surface area contributed by atoms with Gasteiger partial charge < -0.3 is 24.6 Å². The minimum absolute atomic E-state index is 0.0115. The summed E-state index contributed by atoms with van der Waals surface area (Å²) in [6.07, 6.45) is 0.762. The van der Waals surface area contributed by atoms with E-state index >= 15 is 0 Å². The third kappa shape index (κ3) is 4.20. The second-order valence-electron chi connectivity index (χ2n) is 8.24. The van der Waals surface area contributed by atoms with Crippen LogP contribution in [0.2, 0.25) is 5.02 Å². The molecule has 0 unspecified atom stereocenters. The predicted molar refractivity (Wildman–Crippen MR) is 116 cm³/mol. The highest BCUT2D eigenvalue weighted by atomic mass is 35.5. The van der Waals surface area contributed by atoms with Gasteiger partial charge in [0, 0.05) is 32.1 Å². The molecule has 0 bridgehead atoms. The lowest BCUT2D eigenvalue weighted by atomic mass is 9.91. The van der Waals surface area contributed by atoms with Gasteiger partial charge in [-0.25, -0.2) is 4.79 Å². The molecule has 3 heterocycles. The van der Waals surface area contributed by atoms with Crippen LogP contribution in [0.25, 0.3) is 0 Å². The van der Waals surface area contributed by atoms with Gasteiger partial charge in [0.1, 0.15) is 18.1 Å². The van der Waals surface area contributed by atoms with Crippen LogP contribution in [0, 0.1) is 0 Å². The van der Waals surface area contributed by atoms with E-state index in [4.69, 9.17) is 21.1 Å². The van der Waals surface area contributed by atoms with E-state index in [9.17, 15) is 9.59 Å². The van der Waals surface area contributed by atoms with Crippen molar-refractivity contribution in [3.63, 3.8) is 0 Å². The van der Waals surface area contributed by atoms with E-state index in [2.05, 4.69) is 5.32 Å². The summed E-state index contributed by atoms with van der Waals surface area (Å²) in [5.41, 5.74) is 1.18.